The molecule has 0 aromatic carbocycles. The minimum Gasteiger partial charge on any atom is -0.297 e. The molecule has 0 spiro atoms. The summed E-state index contributed by atoms with van der Waals surface area (Å²) in [6, 6.07) is 2.10. The van der Waals surface area contributed by atoms with Crippen molar-refractivity contribution in [3.05, 3.63) is 29.6 Å². The highest BCUT2D eigenvalue weighted by Gasteiger charge is 2.11. The van der Waals surface area contributed by atoms with Crippen LogP contribution in [0.4, 0.5) is 0 Å². The first-order chi connectivity index (χ1) is 6.53. The first-order valence-electron chi connectivity index (χ1n) is 4.67. The zero-order valence-corrected chi connectivity index (χ0v) is 8.96. The monoisotopic (exact) mass is 188 g/mol. The van der Waals surface area contributed by atoms with E-state index in [-0.39, 0.29) is 5.54 Å². The second kappa shape index (κ2) is 4.26. The minimum atomic E-state index is -0.260. The Bertz CT molecular complexity index is 348. The van der Waals surface area contributed by atoms with Crippen LogP contribution >= 0.6 is 0 Å². The molecule has 0 saturated heterocycles. The van der Waals surface area contributed by atoms with Gasteiger partial charge in [0.2, 0.25) is 0 Å². The van der Waals surface area contributed by atoms with Gasteiger partial charge in [0.1, 0.15) is 0 Å². The molecule has 0 amide bonds. The molecular weight excluding hydrogens is 172 g/mol. The minimum absolute atomic E-state index is 0.260. The van der Waals surface area contributed by atoms with E-state index < -0.39 is 0 Å². The van der Waals surface area contributed by atoms with Crippen LogP contribution < -0.4 is 5.32 Å². The normalized spacial score (nSPS) is 11.0. The number of nitrogens with zero attached hydrogens (tertiary/aromatic N) is 1. The molecule has 0 bridgehead atoms. The lowest BCUT2D eigenvalue weighted by molar-refractivity contribution is 0.490. The zero-order valence-electron chi connectivity index (χ0n) is 8.96. The second-order valence-electron chi connectivity index (χ2n) is 3.99. The van der Waals surface area contributed by atoms with Crippen molar-refractivity contribution in [2.24, 2.45) is 0 Å². The number of hydrogen-bond acceptors (Lipinski definition) is 2. The maximum atomic E-state index is 5.37. The number of aryl methyl sites for hydroxylation is 1. The van der Waals surface area contributed by atoms with Crippen LogP contribution in [0, 0.1) is 19.3 Å². The third-order valence-electron chi connectivity index (χ3n) is 2.03. The van der Waals surface area contributed by atoms with E-state index in [1.54, 1.807) is 0 Å². The third kappa shape index (κ3) is 3.20. The molecule has 2 nitrogen and oxygen atoms in total. The molecule has 74 valence electrons. The average Bonchev–Trinajstić information content (AvgIpc) is 2.15. The standard InChI is InChI=1S/C12H16N2/c1-5-12(3,4)14-9-11-6-10(2)7-13-8-11/h1,6-8,14H,9H2,2-4H3. The van der Waals surface area contributed by atoms with Crippen LogP contribution in [-0.2, 0) is 6.54 Å². The van der Waals surface area contributed by atoms with Crippen molar-refractivity contribution in [2.75, 3.05) is 0 Å². The highest BCUT2D eigenvalue weighted by atomic mass is 14.9. The Morgan fingerprint density at radius 1 is 1.50 bits per heavy atom. The van der Waals surface area contributed by atoms with Crippen molar-refractivity contribution in [2.45, 2.75) is 32.9 Å². The Balaban J connectivity index is 2.59. The summed E-state index contributed by atoms with van der Waals surface area (Å²) in [6.45, 7) is 6.75. The predicted molar refractivity (Wildman–Crippen MR) is 58.7 cm³/mol. The van der Waals surface area contributed by atoms with Crippen molar-refractivity contribution in [1.29, 1.82) is 0 Å². The first kappa shape index (κ1) is 10.7. The summed E-state index contributed by atoms with van der Waals surface area (Å²) in [5.41, 5.74) is 2.07. The van der Waals surface area contributed by atoms with Gasteiger partial charge in [-0.2, -0.15) is 0 Å². The van der Waals surface area contributed by atoms with E-state index in [1.165, 1.54) is 5.56 Å². The molecular formula is C12H16N2. The Morgan fingerprint density at radius 3 is 2.79 bits per heavy atom. The maximum Gasteiger partial charge on any atom is 0.0743 e. The molecule has 0 aliphatic rings. The molecule has 0 aliphatic carbocycles. The first-order valence-corrected chi connectivity index (χ1v) is 4.67. The number of aromatic nitrogens is 1. The molecule has 1 N–H and O–H groups in total. The van der Waals surface area contributed by atoms with Gasteiger partial charge in [-0.15, -0.1) is 6.42 Å². The van der Waals surface area contributed by atoms with Crippen LogP contribution in [0.2, 0.25) is 0 Å². The van der Waals surface area contributed by atoms with Crippen LogP contribution in [-0.4, -0.2) is 10.5 Å². The van der Waals surface area contributed by atoms with Crippen molar-refractivity contribution in [1.82, 2.24) is 10.3 Å². The largest absolute Gasteiger partial charge is 0.297 e. The number of hydrogen-bond donors (Lipinski definition) is 1. The Morgan fingerprint density at radius 2 is 2.21 bits per heavy atom. The number of rotatable bonds is 3. The lowest BCUT2D eigenvalue weighted by Gasteiger charge is -2.19. The topological polar surface area (TPSA) is 24.9 Å². The van der Waals surface area contributed by atoms with Crippen LogP contribution in [0.25, 0.3) is 0 Å². The molecule has 1 aromatic heterocycles. The van der Waals surface area contributed by atoms with Gasteiger partial charge < -0.3 is 0 Å². The van der Waals surface area contributed by atoms with E-state index in [4.69, 9.17) is 6.42 Å². The number of pyridine rings is 1. The van der Waals surface area contributed by atoms with Gasteiger partial charge in [0.15, 0.2) is 0 Å². The molecule has 0 radical (unpaired) electrons. The molecule has 0 unspecified atom stereocenters. The lowest BCUT2D eigenvalue weighted by Crippen LogP contribution is -2.36. The molecule has 2 heteroatoms. The van der Waals surface area contributed by atoms with Crippen LogP contribution in [0.5, 0.6) is 0 Å². The molecule has 1 aromatic rings. The number of nitrogens with one attached hydrogen (secondary N) is 1. The van der Waals surface area contributed by atoms with E-state index in [0.717, 1.165) is 12.1 Å². The molecule has 0 atom stereocenters. The zero-order chi connectivity index (χ0) is 10.6. The van der Waals surface area contributed by atoms with E-state index >= 15 is 0 Å². The van der Waals surface area contributed by atoms with Gasteiger partial charge in [-0.05, 0) is 31.9 Å². The smallest absolute Gasteiger partial charge is 0.0743 e. The van der Waals surface area contributed by atoms with Crippen LogP contribution in [0.15, 0.2) is 18.5 Å². The lowest BCUT2D eigenvalue weighted by atomic mass is 10.1. The fourth-order valence-electron chi connectivity index (χ4n) is 1.09. The van der Waals surface area contributed by atoms with Crippen molar-refractivity contribution in [3.8, 4) is 12.3 Å². The van der Waals surface area contributed by atoms with Crippen molar-refractivity contribution < 1.29 is 0 Å². The molecule has 1 heterocycles. The molecule has 1 rings (SSSR count). The Kier molecular flexibility index (Phi) is 3.27. The molecule has 0 fully saturated rings. The van der Waals surface area contributed by atoms with Gasteiger partial charge in [0, 0.05) is 18.9 Å². The summed E-state index contributed by atoms with van der Waals surface area (Å²) < 4.78 is 0. The van der Waals surface area contributed by atoms with E-state index in [0.29, 0.717) is 0 Å². The summed E-state index contributed by atoms with van der Waals surface area (Å²) in [5, 5.41) is 3.28. The predicted octanol–water partition coefficient (Wildman–Crippen LogP) is 1.89. The van der Waals surface area contributed by atoms with Crippen molar-refractivity contribution >= 4 is 0 Å². The SMILES string of the molecule is C#CC(C)(C)NCc1cncc(C)c1. The summed E-state index contributed by atoms with van der Waals surface area (Å²) in [6.07, 6.45) is 9.07. The van der Waals surface area contributed by atoms with Gasteiger partial charge in [0.05, 0.1) is 5.54 Å². The van der Waals surface area contributed by atoms with Gasteiger partial charge in [0.25, 0.3) is 0 Å². The second-order valence-corrected chi connectivity index (χ2v) is 3.99. The average molecular weight is 188 g/mol. The highest BCUT2D eigenvalue weighted by molar-refractivity contribution is 5.17. The summed E-state index contributed by atoms with van der Waals surface area (Å²) in [5.74, 6) is 2.69. The molecule has 0 aliphatic heterocycles. The summed E-state index contributed by atoms with van der Waals surface area (Å²) in [4.78, 5) is 4.12. The highest BCUT2D eigenvalue weighted by Crippen LogP contribution is 2.04. The van der Waals surface area contributed by atoms with Crippen molar-refractivity contribution in [3.63, 3.8) is 0 Å². The third-order valence-corrected chi connectivity index (χ3v) is 2.03. The molecule has 0 saturated carbocycles. The van der Waals surface area contributed by atoms with Crippen LogP contribution in [0.1, 0.15) is 25.0 Å². The molecule has 14 heavy (non-hydrogen) atoms. The van der Waals surface area contributed by atoms with Gasteiger partial charge in [-0.3, -0.25) is 10.3 Å². The maximum absolute atomic E-state index is 5.37. The summed E-state index contributed by atoms with van der Waals surface area (Å²) >= 11 is 0. The fourth-order valence-corrected chi connectivity index (χ4v) is 1.09. The van der Waals surface area contributed by atoms with E-state index in [9.17, 15) is 0 Å². The van der Waals surface area contributed by atoms with Gasteiger partial charge in [-0.1, -0.05) is 12.0 Å². The quantitative estimate of drug-likeness (QED) is 0.733. The Hall–Kier alpha value is -1.33. The van der Waals surface area contributed by atoms with Gasteiger partial charge >= 0.3 is 0 Å². The summed E-state index contributed by atoms with van der Waals surface area (Å²) in [7, 11) is 0. The van der Waals surface area contributed by atoms with Gasteiger partial charge in [-0.25, -0.2) is 0 Å². The Labute approximate surface area is 85.8 Å². The van der Waals surface area contributed by atoms with E-state index in [2.05, 4.69) is 22.3 Å². The van der Waals surface area contributed by atoms with E-state index in [1.807, 2.05) is 33.2 Å². The number of terminal acetylenes is 1. The van der Waals surface area contributed by atoms with Crippen LogP contribution in [0.3, 0.4) is 0 Å². The fraction of sp³-hybridized carbons (Fsp3) is 0.417.